The number of amides is 2. The zero-order chi connectivity index (χ0) is 14.8. The summed E-state index contributed by atoms with van der Waals surface area (Å²) in [6.45, 7) is 0.946. The number of nitrogens with zero attached hydrogens (tertiary/aromatic N) is 3. The van der Waals surface area contributed by atoms with E-state index in [-0.39, 0.29) is 11.8 Å². The van der Waals surface area contributed by atoms with Gasteiger partial charge < -0.3 is 10.2 Å². The van der Waals surface area contributed by atoms with Crippen LogP contribution >= 0.6 is 0 Å². The molecule has 2 amide bonds. The van der Waals surface area contributed by atoms with Crippen LogP contribution in [-0.4, -0.2) is 39.6 Å². The molecule has 1 fully saturated rings. The Labute approximate surface area is 122 Å². The molecule has 0 saturated carbocycles. The molecule has 1 saturated heterocycles. The highest BCUT2D eigenvalue weighted by Crippen LogP contribution is 2.24. The first kappa shape index (κ1) is 13.4. The third-order valence-electron chi connectivity index (χ3n) is 3.63. The smallest absolute Gasteiger partial charge is 0.273 e. The molecule has 0 spiro atoms. The second kappa shape index (κ2) is 5.40. The van der Waals surface area contributed by atoms with Crippen LogP contribution in [0, 0.1) is 0 Å². The summed E-state index contributed by atoms with van der Waals surface area (Å²) < 4.78 is 1.52. The number of aromatic nitrogens is 2. The van der Waals surface area contributed by atoms with Crippen LogP contribution in [0.4, 0.5) is 0 Å². The Morgan fingerprint density at radius 3 is 2.71 bits per heavy atom. The van der Waals surface area contributed by atoms with Crippen LogP contribution in [-0.2, 0) is 11.8 Å². The topological polar surface area (TPSA) is 67.2 Å². The lowest BCUT2D eigenvalue weighted by molar-refractivity contribution is -0.128. The largest absolute Gasteiger partial charge is 0.352 e. The maximum atomic E-state index is 12.7. The number of carbonyl (C=O) groups is 2. The quantitative estimate of drug-likeness (QED) is 0.884. The lowest BCUT2D eigenvalue weighted by Gasteiger charge is -2.35. The van der Waals surface area contributed by atoms with Crippen LogP contribution in [0.1, 0.15) is 22.1 Å². The second-order valence-corrected chi connectivity index (χ2v) is 4.94. The van der Waals surface area contributed by atoms with Crippen molar-refractivity contribution in [3.63, 3.8) is 0 Å². The maximum Gasteiger partial charge on any atom is 0.273 e. The highest BCUT2D eigenvalue weighted by Gasteiger charge is 2.35. The Hall–Kier alpha value is -2.63. The molecule has 21 heavy (non-hydrogen) atoms. The van der Waals surface area contributed by atoms with Gasteiger partial charge in [-0.25, -0.2) is 0 Å². The monoisotopic (exact) mass is 284 g/mol. The second-order valence-electron chi connectivity index (χ2n) is 4.94. The molecule has 2 heterocycles. The van der Waals surface area contributed by atoms with Gasteiger partial charge in [0.1, 0.15) is 11.7 Å². The average Bonchev–Trinajstić information content (AvgIpc) is 2.93. The summed E-state index contributed by atoms with van der Waals surface area (Å²) in [6, 6.07) is 10.4. The average molecular weight is 284 g/mol. The van der Waals surface area contributed by atoms with Crippen LogP contribution in [0.3, 0.4) is 0 Å². The van der Waals surface area contributed by atoms with E-state index in [2.05, 4.69) is 10.4 Å². The fourth-order valence-electron chi connectivity index (χ4n) is 2.58. The molecule has 2 aromatic rings. The molecule has 1 N–H and O–H groups in total. The molecule has 0 aliphatic carbocycles. The maximum absolute atomic E-state index is 12.7. The van der Waals surface area contributed by atoms with E-state index in [9.17, 15) is 9.59 Å². The van der Waals surface area contributed by atoms with Gasteiger partial charge in [-0.15, -0.1) is 0 Å². The van der Waals surface area contributed by atoms with Crippen LogP contribution in [0.5, 0.6) is 0 Å². The van der Waals surface area contributed by atoms with Crippen molar-refractivity contribution in [2.45, 2.75) is 6.04 Å². The number of carbonyl (C=O) groups excluding carboxylic acids is 2. The minimum absolute atomic E-state index is 0.150. The SMILES string of the molecule is Cn1nccc1C(=O)N1CCNC(=O)[C@H]1c1ccccc1. The van der Waals surface area contributed by atoms with Gasteiger partial charge in [0.05, 0.1) is 0 Å². The summed E-state index contributed by atoms with van der Waals surface area (Å²) in [5, 5.41) is 6.84. The molecule has 1 atom stereocenters. The van der Waals surface area contributed by atoms with Gasteiger partial charge in [-0.3, -0.25) is 14.3 Å². The minimum Gasteiger partial charge on any atom is -0.352 e. The Bertz CT molecular complexity index is 665. The lowest BCUT2D eigenvalue weighted by Crippen LogP contribution is -2.52. The van der Waals surface area contributed by atoms with Crippen molar-refractivity contribution >= 4 is 11.8 Å². The molecule has 1 aromatic heterocycles. The van der Waals surface area contributed by atoms with Crippen molar-refractivity contribution in [2.24, 2.45) is 7.05 Å². The summed E-state index contributed by atoms with van der Waals surface area (Å²) in [7, 11) is 1.72. The number of nitrogens with one attached hydrogen (secondary N) is 1. The van der Waals surface area contributed by atoms with Crippen molar-refractivity contribution in [3.8, 4) is 0 Å². The normalized spacial score (nSPS) is 18.4. The van der Waals surface area contributed by atoms with Crippen LogP contribution in [0.2, 0.25) is 0 Å². The Morgan fingerprint density at radius 2 is 2.05 bits per heavy atom. The fraction of sp³-hybridized carbons (Fsp3) is 0.267. The van der Waals surface area contributed by atoms with Gasteiger partial charge in [0.2, 0.25) is 5.91 Å². The zero-order valence-corrected chi connectivity index (χ0v) is 11.7. The summed E-state index contributed by atoms with van der Waals surface area (Å²) in [5.74, 6) is -0.332. The summed E-state index contributed by atoms with van der Waals surface area (Å²) >= 11 is 0. The van der Waals surface area contributed by atoms with E-state index in [1.54, 1.807) is 24.2 Å². The van der Waals surface area contributed by atoms with Crippen LogP contribution in [0.15, 0.2) is 42.6 Å². The van der Waals surface area contributed by atoms with E-state index in [1.807, 2.05) is 30.3 Å². The molecule has 0 unspecified atom stereocenters. The molecule has 1 aliphatic rings. The predicted octanol–water partition coefficient (Wildman–Crippen LogP) is 0.733. The third-order valence-corrected chi connectivity index (χ3v) is 3.63. The molecule has 1 aliphatic heterocycles. The zero-order valence-electron chi connectivity index (χ0n) is 11.7. The van der Waals surface area contributed by atoms with E-state index >= 15 is 0 Å². The molecular weight excluding hydrogens is 268 g/mol. The predicted molar refractivity (Wildman–Crippen MR) is 76.4 cm³/mol. The van der Waals surface area contributed by atoms with Crippen molar-refractivity contribution < 1.29 is 9.59 Å². The van der Waals surface area contributed by atoms with Crippen LogP contribution in [0.25, 0.3) is 0 Å². The van der Waals surface area contributed by atoms with Crippen molar-refractivity contribution in [2.75, 3.05) is 13.1 Å². The van der Waals surface area contributed by atoms with Crippen molar-refractivity contribution in [3.05, 3.63) is 53.9 Å². The number of rotatable bonds is 2. The summed E-state index contributed by atoms with van der Waals surface area (Å²) in [4.78, 5) is 26.5. The Kier molecular flexibility index (Phi) is 3.43. The first-order valence-electron chi connectivity index (χ1n) is 6.80. The Morgan fingerprint density at radius 1 is 1.29 bits per heavy atom. The summed E-state index contributed by atoms with van der Waals surface area (Å²) in [5.41, 5.74) is 1.29. The molecule has 3 rings (SSSR count). The fourth-order valence-corrected chi connectivity index (χ4v) is 2.58. The van der Waals surface area contributed by atoms with Gasteiger partial charge in [0.25, 0.3) is 5.91 Å². The molecule has 0 radical (unpaired) electrons. The van der Waals surface area contributed by atoms with E-state index in [0.717, 1.165) is 5.56 Å². The highest BCUT2D eigenvalue weighted by molar-refractivity contribution is 5.97. The number of piperazine rings is 1. The van der Waals surface area contributed by atoms with E-state index in [1.165, 1.54) is 4.68 Å². The van der Waals surface area contributed by atoms with E-state index < -0.39 is 6.04 Å². The van der Waals surface area contributed by atoms with Gasteiger partial charge in [-0.05, 0) is 11.6 Å². The van der Waals surface area contributed by atoms with Crippen molar-refractivity contribution in [1.82, 2.24) is 20.0 Å². The van der Waals surface area contributed by atoms with Crippen molar-refractivity contribution in [1.29, 1.82) is 0 Å². The van der Waals surface area contributed by atoms with Gasteiger partial charge in [0, 0.05) is 26.3 Å². The molecule has 0 bridgehead atoms. The van der Waals surface area contributed by atoms with E-state index in [0.29, 0.717) is 18.8 Å². The molecule has 108 valence electrons. The van der Waals surface area contributed by atoms with Gasteiger partial charge in [-0.2, -0.15) is 5.10 Å². The van der Waals surface area contributed by atoms with Crippen LogP contribution < -0.4 is 5.32 Å². The lowest BCUT2D eigenvalue weighted by atomic mass is 10.0. The minimum atomic E-state index is -0.595. The standard InChI is InChI=1S/C15H16N4O2/c1-18-12(7-8-17-18)15(21)19-10-9-16-14(20)13(19)11-5-3-2-4-6-11/h2-8,13H,9-10H2,1H3,(H,16,20)/t13-/m1/s1. The number of hydrogen-bond donors (Lipinski definition) is 1. The molecule has 6 nitrogen and oxygen atoms in total. The summed E-state index contributed by atoms with van der Waals surface area (Å²) in [6.07, 6.45) is 1.58. The van der Waals surface area contributed by atoms with Gasteiger partial charge in [-0.1, -0.05) is 30.3 Å². The molecule has 6 heteroatoms. The number of aryl methyl sites for hydroxylation is 1. The first-order valence-corrected chi connectivity index (χ1v) is 6.80. The number of benzene rings is 1. The van der Waals surface area contributed by atoms with E-state index in [4.69, 9.17) is 0 Å². The molecule has 1 aromatic carbocycles. The molecular formula is C15H16N4O2. The highest BCUT2D eigenvalue weighted by atomic mass is 16.2. The number of hydrogen-bond acceptors (Lipinski definition) is 3. The van der Waals surface area contributed by atoms with Gasteiger partial charge >= 0.3 is 0 Å². The van der Waals surface area contributed by atoms with Gasteiger partial charge in [0.15, 0.2) is 0 Å². The Balaban J connectivity index is 1.97. The third kappa shape index (κ3) is 2.40. The first-order chi connectivity index (χ1) is 10.2.